The summed E-state index contributed by atoms with van der Waals surface area (Å²) in [5, 5.41) is 3.91. The highest BCUT2D eigenvalue weighted by molar-refractivity contribution is 5.68. The van der Waals surface area contributed by atoms with Gasteiger partial charge in [0.25, 0.3) is 0 Å². The van der Waals surface area contributed by atoms with Crippen LogP contribution in [0.3, 0.4) is 0 Å². The van der Waals surface area contributed by atoms with Gasteiger partial charge in [-0.25, -0.2) is 4.79 Å². The molecule has 138 valence electrons. The highest BCUT2D eigenvalue weighted by Crippen LogP contribution is 2.31. The minimum absolute atomic E-state index is 0.128. The maximum atomic E-state index is 12.0. The minimum atomic E-state index is -0.143. The first-order chi connectivity index (χ1) is 11.6. The molecular formula is C19H35N3O2. The maximum absolute atomic E-state index is 12.0. The van der Waals surface area contributed by atoms with Crippen LogP contribution in [0.5, 0.6) is 0 Å². The molecular weight excluding hydrogens is 302 g/mol. The Morgan fingerprint density at radius 3 is 2.42 bits per heavy atom. The lowest BCUT2D eigenvalue weighted by atomic mass is 9.91. The highest BCUT2D eigenvalue weighted by Gasteiger charge is 2.42. The van der Waals surface area contributed by atoms with Gasteiger partial charge in [0.2, 0.25) is 0 Å². The number of piperidine rings is 1. The standard InChI is InChI=1S/C19H35N3O2/c1-3-24-18(23)21-14-11-19(2,15-21)22-12-9-17(10-13-22)20-16-7-5-4-6-8-16/h16-17,20H,3-15H2,1-2H3. The average Bonchev–Trinajstić information content (AvgIpc) is 3.00. The topological polar surface area (TPSA) is 44.8 Å². The summed E-state index contributed by atoms with van der Waals surface area (Å²) in [5.74, 6) is 0. The summed E-state index contributed by atoms with van der Waals surface area (Å²) in [6.45, 7) is 8.60. The van der Waals surface area contributed by atoms with Crippen LogP contribution in [0.1, 0.15) is 65.2 Å². The van der Waals surface area contributed by atoms with Crippen LogP contribution in [0.25, 0.3) is 0 Å². The molecule has 0 aromatic rings. The quantitative estimate of drug-likeness (QED) is 0.856. The number of hydrogen-bond donors (Lipinski definition) is 1. The fraction of sp³-hybridized carbons (Fsp3) is 0.947. The predicted molar refractivity (Wildman–Crippen MR) is 96.2 cm³/mol. The van der Waals surface area contributed by atoms with Crippen molar-refractivity contribution in [2.75, 3.05) is 32.8 Å². The van der Waals surface area contributed by atoms with Crippen molar-refractivity contribution < 1.29 is 9.53 Å². The van der Waals surface area contributed by atoms with Gasteiger partial charge in [-0.2, -0.15) is 0 Å². The molecule has 1 unspecified atom stereocenters. The second-order valence-electron chi connectivity index (χ2n) is 8.13. The second kappa shape index (κ2) is 8.05. The van der Waals surface area contributed by atoms with E-state index in [0.29, 0.717) is 12.6 Å². The number of ether oxygens (including phenoxy) is 1. The van der Waals surface area contributed by atoms with Crippen molar-refractivity contribution in [2.45, 2.75) is 82.8 Å². The Morgan fingerprint density at radius 2 is 1.75 bits per heavy atom. The molecule has 1 N–H and O–H groups in total. The van der Waals surface area contributed by atoms with Crippen LogP contribution >= 0.6 is 0 Å². The average molecular weight is 338 g/mol. The lowest BCUT2D eigenvalue weighted by molar-refractivity contribution is 0.0659. The molecule has 5 nitrogen and oxygen atoms in total. The number of nitrogens with one attached hydrogen (secondary N) is 1. The Hall–Kier alpha value is -0.810. The number of hydrogen-bond acceptors (Lipinski definition) is 4. The summed E-state index contributed by atoms with van der Waals surface area (Å²) < 4.78 is 5.17. The summed E-state index contributed by atoms with van der Waals surface area (Å²) in [6, 6.07) is 1.45. The summed E-state index contributed by atoms with van der Waals surface area (Å²) in [5.41, 5.74) is 0.128. The van der Waals surface area contributed by atoms with Gasteiger partial charge < -0.3 is 15.0 Å². The van der Waals surface area contributed by atoms with E-state index < -0.39 is 0 Å². The van der Waals surface area contributed by atoms with Crippen molar-refractivity contribution in [2.24, 2.45) is 0 Å². The van der Waals surface area contributed by atoms with Crippen LogP contribution in [0.2, 0.25) is 0 Å². The molecule has 0 bridgehead atoms. The zero-order valence-corrected chi connectivity index (χ0v) is 15.6. The monoisotopic (exact) mass is 337 g/mol. The Labute approximate surface area is 147 Å². The van der Waals surface area contributed by atoms with Crippen molar-refractivity contribution in [3.63, 3.8) is 0 Å². The van der Waals surface area contributed by atoms with Crippen molar-refractivity contribution >= 4 is 6.09 Å². The molecule has 1 saturated carbocycles. The molecule has 0 aromatic heterocycles. The molecule has 0 spiro atoms. The summed E-state index contributed by atoms with van der Waals surface area (Å²) in [7, 11) is 0. The Bertz CT molecular complexity index is 417. The summed E-state index contributed by atoms with van der Waals surface area (Å²) in [4.78, 5) is 16.5. The van der Waals surface area contributed by atoms with E-state index in [1.54, 1.807) is 0 Å². The van der Waals surface area contributed by atoms with Gasteiger partial charge in [-0.05, 0) is 46.0 Å². The third-order valence-electron chi connectivity index (χ3n) is 6.31. The third-order valence-corrected chi connectivity index (χ3v) is 6.31. The van der Waals surface area contributed by atoms with Gasteiger partial charge in [0, 0.05) is 43.8 Å². The molecule has 1 atom stereocenters. The van der Waals surface area contributed by atoms with Crippen LogP contribution in [0.4, 0.5) is 4.79 Å². The smallest absolute Gasteiger partial charge is 0.409 e. The Morgan fingerprint density at radius 1 is 1.08 bits per heavy atom. The second-order valence-corrected chi connectivity index (χ2v) is 8.13. The van der Waals surface area contributed by atoms with E-state index in [1.807, 2.05) is 11.8 Å². The van der Waals surface area contributed by atoms with E-state index in [9.17, 15) is 4.79 Å². The van der Waals surface area contributed by atoms with Crippen LogP contribution in [-0.4, -0.2) is 66.3 Å². The van der Waals surface area contributed by atoms with Crippen molar-refractivity contribution in [3.8, 4) is 0 Å². The van der Waals surface area contributed by atoms with Crippen LogP contribution < -0.4 is 5.32 Å². The molecule has 2 aliphatic heterocycles. The van der Waals surface area contributed by atoms with Crippen molar-refractivity contribution in [1.29, 1.82) is 0 Å². The molecule has 5 heteroatoms. The molecule has 1 amide bonds. The lowest BCUT2D eigenvalue weighted by Gasteiger charge is -2.43. The van der Waals surface area contributed by atoms with Crippen LogP contribution in [-0.2, 0) is 4.74 Å². The van der Waals surface area contributed by atoms with Crippen molar-refractivity contribution in [1.82, 2.24) is 15.1 Å². The first-order valence-corrected chi connectivity index (χ1v) is 10.0. The zero-order valence-electron chi connectivity index (χ0n) is 15.6. The Balaban J connectivity index is 1.45. The van der Waals surface area contributed by atoms with Gasteiger partial charge in [0.05, 0.1) is 6.61 Å². The minimum Gasteiger partial charge on any atom is -0.450 e. The summed E-state index contributed by atoms with van der Waals surface area (Å²) in [6.07, 6.45) is 10.4. The van der Waals surface area contributed by atoms with Crippen LogP contribution in [0.15, 0.2) is 0 Å². The number of nitrogens with zero attached hydrogens (tertiary/aromatic N) is 2. The lowest BCUT2D eigenvalue weighted by Crippen LogP contribution is -2.55. The number of carbonyl (C=O) groups excluding carboxylic acids is 1. The number of rotatable bonds is 4. The third kappa shape index (κ3) is 4.23. The molecule has 3 fully saturated rings. The van der Waals surface area contributed by atoms with Gasteiger partial charge in [0.1, 0.15) is 0 Å². The van der Waals surface area contributed by atoms with E-state index in [4.69, 9.17) is 4.74 Å². The first kappa shape index (κ1) is 18.0. The first-order valence-electron chi connectivity index (χ1n) is 10.0. The predicted octanol–water partition coefficient (Wildman–Crippen LogP) is 2.99. The molecule has 0 radical (unpaired) electrons. The molecule has 0 aromatic carbocycles. The van der Waals surface area contributed by atoms with E-state index in [0.717, 1.165) is 38.6 Å². The molecule has 3 aliphatic rings. The fourth-order valence-electron chi connectivity index (χ4n) is 4.76. The van der Waals surface area contributed by atoms with Gasteiger partial charge in [0.15, 0.2) is 0 Å². The normalized spacial score (nSPS) is 30.7. The molecule has 2 saturated heterocycles. The van der Waals surface area contributed by atoms with Gasteiger partial charge in [-0.1, -0.05) is 19.3 Å². The largest absolute Gasteiger partial charge is 0.450 e. The molecule has 2 heterocycles. The van der Waals surface area contributed by atoms with Crippen molar-refractivity contribution in [3.05, 3.63) is 0 Å². The van der Waals surface area contributed by atoms with Gasteiger partial charge in [-0.15, -0.1) is 0 Å². The fourth-order valence-corrected chi connectivity index (χ4v) is 4.76. The number of amides is 1. The van der Waals surface area contributed by atoms with Crippen LogP contribution in [0, 0.1) is 0 Å². The summed E-state index contributed by atoms with van der Waals surface area (Å²) >= 11 is 0. The van der Waals surface area contributed by atoms with E-state index >= 15 is 0 Å². The molecule has 24 heavy (non-hydrogen) atoms. The zero-order chi connectivity index (χ0) is 17.0. The van der Waals surface area contributed by atoms with E-state index in [-0.39, 0.29) is 11.6 Å². The molecule has 3 rings (SSSR count). The number of likely N-dealkylation sites (tertiary alicyclic amines) is 2. The molecule has 1 aliphatic carbocycles. The number of carbonyl (C=O) groups is 1. The van der Waals surface area contributed by atoms with E-state index in [1.165, 1.54) is 44.9 Å². The van der Waals surface area contributed by atoms with Gasteiger partial charge in [-0.3, -0.25) is 4.90 Å². The highest BCUT2D eigenvalue weighted by atomic mass is 16.6. The SMILES string of the molecule is CCOC(=O)N1CCC(C)(N2CCC(NC3CCCCC3)CC2)C1. The maximum Gasteiger partial charge on any atom is 0.409 e. The van der Waals surface area contributed by atoms with E-state index in [2.05, 4.69) is 17.1 Å². The Kier molecular flexibility index (Phi) is 6.03. The van der Waals surface area contributed by atoms with Gasteiger partial charge >= 0.3 is 6.09 Å².